The largest absolute Gasteiger partial charge is 0.368 e. The lowest BCUT2D eigenvalue weighted by molar-refractivity contribution is -0.0876. The van der Waals surface area contributed by atoms with Crippen molar-refractivity contribution < 1.29 is 10.2 Å². The van der Waals surface area contributed by atoms with Gasteiger partial charge >= 0.3 is 0 Å². The standard InChI is InChI=1S/C8H18O2S/c1-5(2)4-7(6(3)11)8(9)10/h5-11H,4H2,1-3H3. The predicted octanol–water partition coefficient (Wildman–Crippen LogP) is 1.28. The molecule has 2 nitrogen and oxygen atoms in total. The van der Waals surface area contributed by atoms with Gasteiger partial charge in [0.15, 0.2) is 6.29 Å². The molecule has 2 N–H and O–H groups in total. The van der Waals surface area contributed by atoms with Crippen molar-refractivity contribution >= 4 is 12.6 Å². The molecule has 0 amide bonds. The molecular weight excluding hydrogens is 160 g/mol. The normalized spacial score (nSPS) is 17.5. The number of rotatable bonds is 4. The molecule has 0 fully saturated rings. The van der Waals surface area contributed by atoms with Crippen LogP contribution in [0.25, 0.3) is 0 Å². The smallest absolute Gasteiger partial charge is 0.155 e. The van der Waals surface area contributed by atoms with Crippen molar-refractivity contribution in [1.29, 1.82) is 0 Å². The molecule has 0 saturated carbocycles. The molecule has 2 atom stereocenters. The van der Waals surface area contributed by atoms with Crippen molar-refractivity contribution in [3.8, 4) is 0 Å². The number of aliphatic hydroxyl groups is 2. The van der Waals surface area contributed by atoms with Gasteiger partial charge in [0.25, 0.3) is 0 Å². The summed E-state index contributed by atoms with van der Waals surface area (Å²) < 4.78 is 0. The highest BCUT2D eigenvalue weighted by molar-refractivity contribution is 7.80. The number of hydrogen-bond donors (Lipinski definition) is 3. The fourth-order valence-electron chi connectivity index (χ4n) is 1.11. The summed E-state index contributed by atoms with van der Waals surface area (Å²) in [6.07, 6.45) is -0.424. The Kier molecular flexibility index (Phi) is 5.13. The Morgan fingerprint density at radius 3 is 1.73 bits per heavy atom. The van der Waals surface area contributed by atoms with Crippen LogP contribution < -0.4 is 0 Å². The van der Waals surface area contributed by atoms with Gasteiger partial charge in [0, 0.05) is 11.2 Å². The molecular formula is C8H18O2S. The van der Waals surface area contributed by atoms with Crippen molar-refractivity contribution in [2.24, 2.45) is 11.8 Å². The molecule has 0 aliphatic rings. The van der Waals surface area contributed by atoms with Crippen LogP contribution >= 0.6 is 12.6 Å². The van der Waals surface area contributed by atoms with E-state index in [0.717, 1.165) is 6.42 Å². The van der Waals surface area contributed by atoms with Gasteiger partial charge in [-0.2, -0.15) is 12.6 Å². The summed E-state index contributed by atoms with van der Waals surface area (Å²) in [7, 11) is 0. The summed E-state index contributed by atoms with van der Waals surface area (Å²) in [6.45, 7) is 6.01. The van der Waals surface area contributed by atoms with Gasteiger partial charge in [-0.05, 0) is 12.3 Å². The maximum Gasteiger partial charge on any atom is 0.155 e. The molecule has 11 heavy (non-hydrogen) atoms. The monoisotopic (exact) mass is 178 g/mol. The van der Waals surface area contributed by atoms with Crippen molar-refractivity contribution in [3.05, 3.63) is 0 Å². The van der Waals surface area contributed by atoms with E-state index in [-0.39, 0.29) is 11.2 Å². The molecule has 0 aromatic heterocycles. The van der Waals surface area contributed by atoms with Gasteiger partial charge in [-0.1, -0.05) is 20.8 Å². The zero-order valence-corrected chi connectivity index (χ0v) is 8.25. The van der Waals surface area contributed by atoms with Gasteiger partial charge in [-0.15, -0.1) is 0 Å². The van der Waals surface area contributed by atoms with Crippen LogP contribution in [0.3, 0.4) is 0 Å². The SMILES string of the molecule is CC(C)CC(C(O)O)C(C)S. The second-order valence-corrected chi connectivity index (χ2v) is 4.26. The molecule has 0 radical (unpaired) electrons. The molecule has 2 unspecified atom stereocenters. The highest BCUT2D eigenvalue weighted by atomic mass is 32.1. The van der Waals surface area contributed by atoms with Crippen molar-refractivity contribution in [2.75, 3.05) is 0 Å². The summed E-state index contributed by atoms with van der Waals surface area (Å²) in [4.78, 5) is 0. The van der Waals surface area contributed by atoms with Gasteiger partial charge in [-0.25, -0.2) is 0 Å². The molecule has 0 rings (SSSR count). The molecule has 3 heteroatoms. The molecule has 0 spiro atoms. The van der Waals surface area contributed by atoms with Crippen molar-refractivity contribution in [1.82, 2.24) is 0 Å². The number of aliphatic hydroxyl groups excluding tert-OH is 1. The van der Waals surface area contributed by atoms with Crippen molar-refractivity contribution in [3.63, 3.8) is 0 Å². The highest BCUT2D eigenvalue weighted by Gasteiger charge is 2.21. The second-order valence-electron chi connectivity index (χ2n) is 3.45. The first-order chi connectivity index (χ1) is 4.95. The maximum absolute atomic E-state index is 8.94. The van der Waals surface area contributed by atoms with Crippen LogP contribution in [0.4, 0.5) is 0 Å². The molecule has 0 heterocycles. The topological polar surface area (TPSA) is 40.5 Å². The second kappa shape index (κ2) is 5.01. The van der Waals surface area contributed by atoms with Crippen molar-refractivity contribution in [2.45, 2.75) is 38.7 Å². The van der Waals surface area contributed by atoms with Crippen LogP contribution in [-0.4, -0.2) is 21.8 Å². The Balaban J connectivity index is 3.90. The minimum Gasteiger partial charge on any atom is -0.368 e. The molecule has 0 bridgehead atoms. The molecule has 0 aliphatic heterocycles. The van der Waals surface area contributed by atoms with E-state index in [1.807, 2.05) is 6.92 Å². The molecule has 68 valence electrons. The summed E-state index contributed by atoms with van der Waals surface area (Å²) in [5, 5.41) is 17.9. The Morgan fingerprint density at radius 1 is 1.18 bits per heavy atom. The third-order valence-electron chi connectivity index (χ3n) is 1.75. The predicted molar refractivity (Wildman–Crippen MR) is 49.6 cm³/mol. The van der Waals surface area contributed by atoms with E-state index >= 15 is 0 Å². The summed E-state index contributed by atoms with van der Waals surface area (Å²) in [5.41, 5.74) is 0. The fraction of sp³-hybridized carbons (Fsp3) is 1.00. The van der Waals surface area contributed by atoms with E-state index in [1.54, 1.807) is 0 Å². The fourth-order valence-corrected chi connectivity index (χ4v) is 1.39. The number of thiol groups is 1. The van der Waals surface area contributed by atoms with E-state index in [4.69, 9.17) is 10.2 Å². The lowest BCUT2D eigenvalue weighted by atomic mass is 9.94. The van der Waals surface area contributed by atoms with Crippen LogP contribution in [-0.2, 0) is 0 Å². The summed E-state index contributed by atoms with van der Waals surface area (Å²) in [5.74, 6) is 0.370. The lowest BCUT2D eigenvalue weighted by Crippen LogP contribution is -2.28. The highest BCUT2D eigenvalue weighted by Crippen LogP contribution is 2.21. The van der Waals surface area contributed by atoms with E-state index < -0.39 is 6.29 Å². The zero-order valence-electron chi connectivity index (χ0n) is 7.36. The first-order valence-corrected chi connectivity index (χ1v) is 4.51. The summed E-state index contributed by atoms with van der Waals surface area (Å²) >= 11 is 4.19. The van der Waals surface area contributed by atoms with Gasteiger partial charge < -0.3 is 10.2 Å². The zero-order chi connectivity index (χ0) is 9.02. The van der Waals surface area contributed by atoms with Crippen LogP contribution in [0.2, 0.25) is 0 Å². The molecule has 0 saturated heterocycles. The van der Waals surface area contributed by atoms with Gasteiger partial charge in [0.1, 0.15) is 0 Å². The van der Waals surface area contributed by atoms with Gasteiger partial charge in [0.05, 0.1) is 0 Å². The summed E-state index contributed by atoms with van der Waals surface area (Å²) in [6, 6.07) is 0. The van der Waals surface area contributed by atoms with Crippen LogP contribution in [0.15, 0.2) is 0 Å². The van der Waals surface area contributed by atoms with Crippen LogP contribution in [0.1, 0.15) is 27.2 Å². The molecule has 0 aliphatic carbocycles. The minimum absolute atomic E-state index is 0.0393. The Labute approximate surface area is 74.0 Å². The Bertz CT molecular complexity index is 94.3. The van der Waals surface area contributed by atoms with Gasteiger partial charge in [-0.3, -0.25) is 0 Å². The van der Waals surface area contributed by atoms with E-state index in [0.29, 0.717) is 5.92 Å². The Morgan fingerprint density at radius 2 is 1.64 bits per heavy atom. The maximum atomic E-state index is 8.94. The molecule has 0 aromatic carbocycles. The minimum atomic E-state index is -1.23. The third-order valence-corrected chi connectivity index (χ3v) is 2.13. The Hall–Kier alpha value is 0.270. The first-order valence-electron chi connectivity index (χ1n) is 3.99. The van der Waals surface area contributed by atoms with E-state index in [2.05, 4.69) is 26.5 Å². The molecule has 0 aromatic rings. The number of hydrogen-bond acceptors (Lipinski definition) is 3. The van der Waals surface area contributed by atoms with Crippen LogP contribution in [0, 0.1) is 11.8 Å². The average molecular weight is 178 g/mol. The third kappa shape index (κ3) is 4.67. The van der Waals surface area contributed by atoms with E-state index in [9.17, 15) is 0 Å². The lowest BCUT2D eigenvalue weighted by Gasteiger charge is -2.23. The van der Waals surface area contributed by atoms with E-state index in [1.165, 1.54) is 0 Å². The van der Waals surface area contributed by atoms with Gasteiger partial charge in [0.2, 0.25) is 0 Å². The first kappa shape index (κ1) is 11.3. The quantitative estimate of drug-likeness (QED) is 0.448. The average Bonchev–Trinajstić information content (AvgIpc) is 1.81. The van der Waals surface area contributed by atoms with Crippen LogP contribution in [0.5, 0.6) is 0 Å².